The lowest BCUT2D eigenvalue weighted by molar-refractivity contribution is -0.120. The van der Waals surface area contributed by atoms with Gasteiger partial charge in [0.1, 0.15) is 0 Å². The third kappa shape index (κ3) is 3.20. The highest BCUT2D eigenvalue weighted by molar-refractivity contribution is 7.09. The van der Waals surface area contributed by atoms with E-state index in [0.717, 1.165) is 12.1 Å². The molecule has 2 rings (SSSR count). The van der Waals surface area contributed by atoms with E-state index in [1.54, 1.807) is 23.9 Å². The first-order chi connectivity index (χ1) is 7.84. The molecule has 0 spiro atoms. The third-order valence-electron chi connectivity index (χ3n) is 2.18. The number of aromatic amines is 1. The first-order valence-electron chi connectivity index (χ1n) is 5.11. The summed E-state index contributed by atoms with van der Waals surface area (Å²) in [4.78, 5) is 19.5. The van der Waals surface area contributed by atoms with Crippen molar-refractivity contribution in [3.8, 4) is 0 Å². The summed E-state index contributed by atoms with van der Waals surface area (Å²) in [6.45, 7) is 0.688. The van der Waals surface area contributed by atoms with Crippen LogP contribution in [0.2, 0.25) is 0 Å². The second-order valence-corrected chi connectivity index (χ2v) is 4.47. The van der Waals surface area contributed by atoms with Crippen LogP contribution in [-0.4, -0.2) is 22.4 Å². The molecule has 0 unspecified atom stereocenters. The second kappa shape index (κ2) is 5.46. The van der Waals surface area contributed by atoms with Crippen LogP contribution in [0.1, 0.15) is 10.6 Å². The molecule has 16 heavy (non-hydrogen) atoms. The maximum absolute atomic E-state index is 11.5. The number of rotatable bonds is 5. The molecule has 0 saturated carbocycles. The van der Waals surface area contributed by atoms with Crippen LogP contribution in [0.4, 0.5) is 0 Å². The molecule has 0 aliphatic carbocycles. The number of H-pyrrole nitrogens is 1. The van der Waals surface area contributed by atoms with Crippen LogP contribution in [0, 0.1) is 0 Å². The third-order valence-corrected chi connectivity index (χ3v) is 3.12. The zero-order valence-corrected chi connectivity index (χ0v) is 9.59. The Morgan fingerprint density at radius 3 is 3.19 bits per heavy atom. The SMILES string of the molecule is O=C(Cc1cnc[nH]1)NCCc1cccs1. The molecule has 84 valence electrons. The van der Waals surface area contributed by atoms with Gasteiger partial charge in [-0.15, -0.1) is 11.3 Å². The van der Waals surface area contributed by atoms with E-state index in [0.29, 0.717) is 13.0 Å². The van der Waals surface area contributed by atoms with Gasteiger partial charge in [0.05, 0.1) is 12.7 Å². The van der Waals surface area contributed by atoms with Gasteiger partial charge in [-0.3, -0.25) is 4.79 Å². The topological polar surface area (TPSA) is 57.8 Å². The molecule has 1 amide bonds. The fraction of sp³-hybridized carbons (Fsp3) is 0.273. The molecule has 0 aliphatic heterocycles. The van der Waals surface area contributed by atoms with Crippen LogP contribution in [0.3, 0.4) is 0 Å². The predicted octanol–water partition coefficient (Wildman–Crippen LogP) is 1.37. The lowest BCUT2D eigenvalue weighted by Gasteiger charge is -2.02. The summed E-state index contributed by atoms with van der Waals surface area (Å²) in [7, 11) is 0. The van der Waals surface area contributed by atoms with E-state index in [2.05, 4.69) is 21.4 Å². The van der Waals surface area contributed by atoms with Gasteiger partial charge in [0.2, 0.25) is 5.91 Å². The minimum atomic E-state index is 0.0285. The van der Waals surface area contributed by atoms with E-state index >= 15 is 0 Å². The molecule has 2 aromatic heterocycles. The van der Waals surface area contributed by atoms with E-state index in [1.165, 1.54) is 4.88 Å². The lowest BCUT2D eigenvalue weighted by Crippen LogP contribution is -2.27. The molecular weight excluding hydrogens is 222 g/mol. The van der Waals surface area contributed by atoms with Crippen molar-refractivity contribution in [2.45, 2.75) is 12.8 Å². The summed E-state index contributed by atoms with van der Waals surface area (Å²) >= 11 is 1.71. The van der Waals surface area contributed by atoms with Gasteiger partial charge < -0.3 is 10.3 Å². The van der Waals surface area contributed by atoms with Crippen LogP contribution in [0.15, 0.2) is 30.0 Å². The van der Waals surface area contributed by atoms with Gasteiger partial charge in [-0.1, -0.05) is 6.07 Å². The van der Waals surface area contributed by atoms with Gasteiger partial charge in [-0.25, -0.2) is 4.98 Å². The van der Waals surface area contributed by atoms with Gasteiger partial charge in [-0.05, 0) is 17.9 Å². The molecule has 4 nitrogen and oxygen atoms in total. The summed E-state index contributed by atoms with van der Waals surface area (Å²) in [5.41, 5.74) is 0.841. The summed E-state index contributed by atoms with van der Waals surface area (Å²) in [5.74, 6) is 0.0285. The number of hydrogen-bond donors (Lipinski definition) is 2. The minimum Gasteiger partial charge on any atom is -0.355 e. The van der Waals surface area contributed by atoms with Crippen molar-refractivity contribution in [3.05, 3.63) is 40.6 Å². The van der Waals surface area contributed by atoms with Gasteiger partial charge in [0, 0.05) is 23.3 Å². The first kappa shape index (κ1) is 10.9. The van der Waals surface area contributed by atoms with Crippen LogP contribution >= 0.6 is 11.3 Å². The van der Waals surface area contributed by atoms with Crippen molar-refractivity contribution in [2.75, 3.05) is 6.54 Å². The Morgan fingerprint density at radius 2 is 2.50 bits per heavy atom. The van der Waals surface area contributed by atoms with Crippen molar-refractivity contribution in [3.63, 3.8) is 0 Å². The maximum atomic E-state index is 11.5. The number of amides is 1. The van der Waals surface area contributed by atoms with Crippen molar-refractivity contribution in [2.24, 2.45) is 0 Å². The second-order valence-electron chi connectivity index (χ2n) is 3.43. The Balaban J connectivity index is 1.68. The van der Waals surface area contributed by atoms with E-state index in [1.807, 2.05) is 11.4 Å². The predicted molar refractivity (Wildman–Crippen MR) is 63.3 cm³/mol. The molecule has 0 saturated heterocycles. The number of carbonyl (C=O) groups is 1. The molecule has 0 radical (unpaired) electrons. The largest absolute Gasteiger partial charge is 0.355 e. The van der Waals surface area contributed by atoms with Crippen molar-refractivity contribution < 1.29 is 4.79 Å². The number of carbonyl (C=O) groups excluding carboxylic acids is 1. The van der Waals surface area contributed by atoms with Crippen molar-refractivity contribution in [1.29, 1.82) is 0 Å². The Bertz CT molecular complexity index is 422. The van der Waals surface area contributed by atoms with Gasteiger partial charge in [-0.2, -0.15) is 0 Å². The van der Waals surface area contributed by atoms with Gasteiger partial charge in [0.25, 0.3) is 0 Å². The number of imidazole rings is 1. The smallest absolute Gasteiger partial charge is 0.226 e. The Morgan fingerprint density at radius 1 is 1.56 bits per heavy atom. The fourth-order valence-corrected chi connectivity index (χ4v) is 2.11. The monoisotopic (exact) mass is 235 g/mol. The van der Waals surface area contributed by atoms with E-state index in [4.69, 9.17) is 0 Å². The zero-order chi connectivity index (χ0) is 11.2. The average Bonchev–Trinajstić information content (AvgIpc) is 2.90. The molecule has 2 heterocycles. The van der Waals surface area contributed by atoms with E-state index in [9.17, 15) is 4.79 Å². The Labute approximate surface area is 97.7 Å². The number of nitrogens with one attached hydrogen (secondary N) is 2. The average molecular weight is 235 g/mol. The Hall–Kier alpha value is -1.62. The van der Waals surface area contributed by atoms with Crippen LogP contribution < -0.4 is 5.32 Å². The molecule has 0 atom stereocenters. The van der Waals surface area contributed by atoms with Crippen LogP contribution in [0.5, 0.6) is 0 Å². The highest BCUT2D eigenvalue weighted by Crippen LogP contribution is 2.08. The first-order valence-corrected chi connectivity index (χ1v) is 5.99. The summed E-state index contributed by atoms with van der Waals surface area (Å²) < 4.78 is 0. The highest BCUT2D eigenvalue weighted by atomic mass is 32.1. The van der Waals surface area contributed by atoms with Crippen molar-refractivity contribution in [1.82, 2.24) is 15.3 Å². The maximum Gasteiger partial charge on any atom is 0.226 e. The number of hydrogen-bond acceptors (Lipinski definition) is 3. The highest BCUT2D eigenvalue weighted by Gasteiger charge is 2.03. The summed E-state index contributed by atoms with van der Waals surface area (Å²) in [6.07, 6.45) is 4.50. The minimum absolute atomic E-state index is 0.0285. The molecular formula is C11H13N3OS. The summed E-state index contributed by atoms with van der Waals surface area (Å²) in [5, 5.41) is 4.92. The quantitative estimate of drug-likeness (QED) is 0.822. The number of nitrogens with zero attached hydrogens (tertiary/aromatic N) is 1. The zero-order valence-electron chi connectivity index (χ0n) is 8.77. The molecule has 0 aliphatic rings. The van der Waals surface area contributed by atoms with Crippen LogP contribution in [0.25, 0.3) is 0 Å². The van der Waals surface area contributed by atoms with Gasteiger partial charge in [0.15, 0.2) is 0 Å². The molecule has 0 fully saturated rings. The van der Waals surface area contributed by atoms with Crippen molar-refractivity contribution >= 4 is 17.2 Å². The molecule has 0 bridgehead atoms. The molecule has 0 aromatic carbocycles. The molecule has 5 heteroatoms. The molecule has 2 aromatic rings. The summed E-state index contributed by atoms with van der Waals surface area (Å²) in [6, 6.07) is 4.10. The number of aromatic nitrogens is 2. The Kier molecular flexibility index (Phi) is 3.71. The van der Waals surface area contributed by atoms with Crippen LogP contribution in [-0.2, 0) is 17.6 Å². The fourth-order valence-electron chi connectivity index (χ4n) is 1.40. The van der Waals surface area contributed by atoms with E-state index < -0.39 is 0 Å². The van der Waals surface area contributed by atoms with Gasteiger partial charge >= 0.3 is 0 Å². The normalized spacial score (nSPS) is 10.2. The molecule has 2 N–H and O–H groups in total. The lowest BCUT2D eigenvalue weighted by atomic mass is 10.3. The standard InChI is InChI=1S/C11H13N3OS/c15-11(6-9-7-12-8-14-9)13-4-3-10-2-1-5-16-10/h1-2,5,7-8H,3-4,6H2,(H,12,14)(H,13,15). The number of thiophene rings is 1. The van der Waals surface area contributed by atoms with E-state index in [-0.39, 0.29) is 5.91 Å².